The van der Waals surface area contributed by atoms with Crippen LogP contribution in [0.1, 0.15) is 23.4 Å². The van der Waals surface area contributed by atoms with Gasteiger partial charge in [-0.2, -0.15) is 9.61 Å². The van der Waals surface area contributed by atoms with Crippen LogP contribution < -0.4 is 5.73 Å². The number of nitrogens with two attached hydrogens (primary N) is 1. The van der Waals surface area contributed by atoms with E-state index in [9.17, 15) is 0 Å². The summed E-state index contributed by atoms with van der Waals surface area (Å²) in [4.78, 5) is 0. The van der Waals surface area contributed by atoms with Crippen LogP contribution in [0.3, 0.4) is 0 Å². The van der Waals surface area contributed by atoms with Crippen molar-refractivity contribution in [2.45, 2.75) is 26.7 Å². The number of hydrogen-bond donors (Lipinski definition) is 1. The van der Waals surface area contributed by atoms with Crippen molar-refractivity contribution in [3.8, 4) is 11.3 Å². The van der Waals surface area contributed by atoms with Crippen LogP contribution in [0.5, 0.6) is 0 Å². The minimum atomic E-state index is 0.645. The lowest BCUT2D eigenvalue weighted by Crippen LogP contribution is -2.05. The Bertz CT molecular complexity index is 775. The van der Waals surface area contributed by atoms with Gasteiger partial charge in [0.2, 0.25) is 0 Å². The van der Waals surface area contributed by atoms with Crippen LogP contribution >= 0.6 is 0 Å². The van der Waals surface area contributed by atoms with Gasteiger partial charge in [0.1, 0.15) is 0 Å². The Hall–Kier alpha value is -2.27. The first-order valence-corrected chi connectivity index (χ1v) is 7.18. The molecule has 3 aromatic rings. The van der Waals surface area contributed by atoms with Crippen LogP contribution in [0.4, 0.5) is 0 Å². The van der Waals surface area contributed by atoms with Crippen molar-refractivity contribution >= 4 is 5.65 Å². The zero-order valence-electron chi connectivity index (χ0n) is 12.4. The summed E-state index contributed by atoms with van der Waals surface area (Å²) in [5.74, 6) is 0.863. The summed E-state index contributed by atoms with van der Waals surface area (Å²) in [6.45, 7) is 4.85. The number of aromatic nitrogens is 4. The molecule has 3 rings (SSSR count). The van der Waals surface area contributed by atoms with Gasteiger partial charge in [0, 0.05) is 12.0 Å². The zero-order valence-corrected chi connectivity index (χ0v) is 12.4. The van der Waals surface area contributed by atoms with E-state index in [4.69, 9.17) is 10.8 Å². The molecule has 0 unspecified atom stereocenters. The van der Waals surface area contributed by atoms with Gasteiger partial charge in [-0.3, -0.25) is 0 Å². The Morgan fingerprint density at radius 2 is 1.95 bits per heavy atom. The summed E-state index contributed by atoms with van der Waals surface area (Å²) in [6, 6.07) is 10.3. The molecular formula is C16H19N5. The predicted molar refractivity (Wildman–Crippen MR) is 83.1 cm³/mol. The highest BCUT2D eigenvalue weighted by molar-refractivity contribution is 5.64. The van der Waals surface area contributed by atoms with Crippen LogP contribution in [-0.2, 0) is 6.42 Å². The van der Waals surface area contributed by atoms with Crippen LogP contribution in [0.15, 0.2) is 30.3 Å². The molecule has 2 aromatic heterocycles. The normalized spacial score (nSPS) is 11.2. The molecule has 2 N–H and O–H groups in total. The van der Waals surface area contributed by atoms with Crippen molar-refractivity contribution in [2.24, 2.45) is 5.73 Å². The summed E-state index contributed by atoms with van der Waals surface area (Å²) in [5, 5.41) is 13.1. The van der Waals surface area contributed by atoms with E-state index in [0.717, 1.165) is 35.6 Å². The minimum Gasteiger partial charge on any atom is -0.330 e. The van der Waals surface area contributed by atoms with E-state index in [1.165, 1.54) is 11.1 Å². The first-order chi connectivity index (χ1) is 10.2. The largest absolute Gasteiger partial charge is 0.330 e. The van der Waals surface area contributed by atoms with Gasteiger partial charge in [-0.25, -0.2) is 0 Å². The topological polar surface area (TPSA) is 69.1 Å². The van der Waals surface area contributed by atoms with Crippen molar-refractivity contribution in [3.63, 3.8) is 0 Å². The van der Waals surface area contributed by atoms with E-state index in [1.807, 2.05) is 16.6 Å². The fraction of sp³-hybridized carbons (Fsp3) is 0.312. The molecule has 0 saturated heterocycles. The molecule has 108 valence electrons. The Labute approximate surface area is 123 Å². The molecule has 0 aliphatic carbocycles. The summed E-state index contributed by atoms with van der Waals surface area (Å²) in [6.07, 6.45) is 1.68. The standard InChI is InChI=1S/C16H19N5/c1-11-5-6-13(12(2)10-11)14-7-8-16-19-18-15(4-3-9-17)21(16)20-14/h5-8,10H,3-4,9,17H2,1-2H3. The summed E-state index contributed by atoms with van der Waals surface area (Å²) in [5.41, 5.74) is 10.9. The molecule has 0 amide bonds. The molecule has 0 aliphatic heterocycles. The third-order valence-electron chi connectivity index (χ3n) is 3.59. The number of benzene rings is 1. The van der Waals surface area contributed by atoms with E-state index in [-0.39, 0.29) is 0 Å². The molecule has 2 heterocycles. The molecule has 0 atom stereocenters. The highest BCUT2D eigenvalue weighted by Crippen LogP contribution is 2.22. The number of nitrogens with zero attached hydrogens (tertiary/aromatic N) is 4. The second-order valence-corrected chi connectivity index (χ2v) is 5.32. The second-order valence-electron chi connectivity index (χ2n) is 5.32. The maximum atomic E-state index is 5.57. The lowest BCUT2D eigenvalue weighted by atomic mass is 10.0. The molecule has 0 spiro atoms. The molecule has 0 aliphatic rings. The average Bonchev–Trinajstić information content (AvgIpc) is 2.87. The fourth-order valence-electron chi connectivity index (χ4n) is 2.49. The number of hydrogen-bond acceptors (Lipinski definition) is 4. The number of aryl methyl sites for hydroxylation is 3. The van der Waals surface area contributed by atoms with Gasteiger partial charge in [0.15, 0.2) is 11.5 Å². The molecule has 0 bridgehead atoms. The Morgan fingerprint density at radius 3 is 2.71 bits per heavy atom. The number of fused-ring (bicyclic) bond motifs is 1. The van der Waals surface area contributed by atoms with E-state index in [1.54, 1.807) is 0 Å². The first-order valence-electron chi connectivity index (χ1n) is 7.18. The van der Waals surface area contributed by atoms with Gasteiger partial charge in [0.25, 0.3) is 0 Å². The van der Waals surface area contributed by atoms with Crippen LogP contribution in [0.2, 0.25) is 0 Å². The quantitative estimate of drug-likeness (QED) is 0.796. The molecule has 1 aromatic carbocycles. The summed E-state index contributed by atoms with van der Waals surface area (Å²) >= 11 is 0. The van der Waals surface area contributed by atoms with Crippen molar-refractivity contribution in [1.82, 2.24) is 19.8 Å². The van der Waals surface area contributed by atoms with E-state index >= 15 is 0 Å². The third-order valence-corrected chi connectivity index (χ3v) is 3.59. The Kier molecular flexibility index (Phi) is 3.66. The summed E-state index contributed by atoms with van der Waals surface area (Å²) in [7, 11) is 0. The molecule has 5 nitrogen and oxygen atoms in total. The van der Waals surface area contributed by atoms with Crippen LogP contribution in [-0.4, -0.2) is 26.4 Å². The van der Waals surface area contributed by atoms with Gasteiger partial charge >= 0.3 is 0 Å². The fourth-order valence-corrected chi connectivity index (χ4v) is 2.49. The van der Waals surface area contributed by atoms with Crippen LogP contribution in [0.25, 0.3) is 16.9 Å². The second kappa shape index (κ2) is 5.61. The lowest BCUT2D eigenvalue weighted by molar-refractivity contribution is 0.740. The summed E-state index contributed by atoms with van der Waals surface area (Å²) < 4.78 is 1.82. The minimum absolute atomic E-state index is 0.645. The van der Waals surface area contributed by atoms with Crippen molar-refractivity contribution < 1.29 is 0 Å². The predicted octanol–water partition coefficient (Wildman–Crippen LogP) is 2.30. The van der Waals surface area contributed by atoms with Gasteiger partial charge in [-0.1, -0.05) is 23.8 Å². The van der Waals surface area contributed by atoms with Crippen molar-refractivity contribution in [2.75, 3.05) is 6.54 Å². The van der Waals surface area contributed by atoms with E-state index < -0.39 is 0 Å². The Balaban J connectivity index is 2.07. The SMILES string of the molecule is Cc1ccc(-c2ccc3nnc(CCCN)n3n2)c(C)c1. The molecular weight excluding hydrogens is 262 g/mol. The van der Waals surface area contributed by atoms with Gasteiger partial charge < -0.3 is 5.73 Å². The maximum Gasteiger partial charge on any atom is 0.177 e. The Morgan fingerprint density at radius 1 is 1.10 bits per heavy atom. The van der Waals surface area contributed by atoms with E-state index in [0.29, 0.717) is 6.54 Å². The van der Waals surface area contributed by atoms with Gasteiger partial charge in [-0.05, 0) is 44.5 Å². The van der Waals surface area contributed by atoms with Gasteiger partial charge in [0.05, 0.1) is 5.69 Å². The van der Waals surface area contributed by atoms with Crippen LogP contribution in [0, 0.1) is 13.8 Å². The van der Waals surface area contributed by atoms with Crippen molar-refractivity contribution in [1.29, 1.82) is 0 Å². The molecule has 5 heteroatoms. The smallest absolute Gasteiger partial charge is 0.177 e. The lowest BCUT2D eigenvalue weighted by Gasteiger charge is -2.07. The highest BCUT2D eigenvalue weighted by atomic mass is 15.4. The molecule has 0 saturated carbocycles. The number of rotatable bonds is 4. The van der Waals surface area contributed by atoms with Gasteiger partial charge in [-0.15, -0.1) is 10.2 Å². The third kappa shape index (κ3) is 2.64. The zero-order chi connectivity index (χ0) is 14.8. The average molecular weight is 281 g/mol. The molecule has 21 heavy (non-hydrogen) atoms. The molecule has 0 fully saturated rings. The maximum absolute atomic E-state index is 5.57. The first kappa shape index (κ1) is 13.7. The monoisotopic (exact) mass is 281 g/mol. The van der Waals surface area contributed by atoms with E-state index in [2.05, 4.69) is 42.2 Å². The highest BCUT2D eigenvalue weighted by Gasteiger charge is 2.09. The molecule has 0 radical (unpaired) electrons. The van der Waals surface area contributed by atoms with Crippen molar-refractivity contribution in [3.05, 3.63) is 47.3 Å².